The average molecular weight is 470 g/mol. The Balaban J connectivity index is 1.24. The van der Waals surface area contributed by atoms with E-state index < -0.39 is 0 Å². The Hall–Kier alpha value is -2.15. The Labute approximate surface area is 186 Å². The van der Waals surface area contributed by atoms with E-state index >= 15 is 0 Å². The zero-order chi connectivity index (χ0) is 20.7. The minimum Gasteiger partial charge on any atom is -0.353 e. The van der Waals surface area contributed by atoms with Gasteiger partial charge in [0.2, 0.25) is 0 Å². The van der Waals surface area contributed by atoms with Gasteiger partial charge in [0.15, 0.2) is 5.82 Å². The third-order valence-electron chi connectivity index (χ3n) is 6.57. The quantitative estimate of drug-likeness (QED) is 0.710. The molecule has 1 aliphatic heterocycles. The first-order valence-corrected chi connectivity index (χ1v) is 11.8. The van der Waals surface area contributed by atoms with Gasteiger partial charge in [0.25, 0.3) is 0 Å². The number of carbonyl (C=O) groups is 1. The second-order valence-corrected chi connectivity index (χ2v) is 9.72. The van der Waals surface area contributed by atoms with Gasteiger partial charge >= 0.3 is 6.03 Å². The summed E-state index contributed by atoms with van der Waals surface area (Å²) >= 11 is 3.63. The fraction of sp³-hybridized carbons (Fsp3) is 0.522. The van der Waals surface area contributed by atoms with Crippen molar-refractivity contribution in [3.05, 3.63) is 52.1 Å². The Morgan fingerprint density at radius 1 is 1.23 bits per heavy atom. The first kappa shape index (κ1) is 19.8. The normalized spacial score (nSPS) is 25.7. The van der Waals surface area contributed by atoms with Crippen LogP contribution in [0.5, 0.6) is 0 Å². The molecule has 3 fully saturated rings. The smallest absolute Gasteiger partial charge is 0.318 e. The van der Waals surface area contributed by atoms with Crippen LogP contribution in [-0.4, -0.2) is 52.3 Å². The highest BCUT2D eigenvalue weighted by molar-refractivity contribution is 9.10. The summed E-state index contributed by atoms with van der Waals surface area (Å²) in [4.78, 5) is 17.7. The van der Waals surface area contributed by atoms with Crippen molar-refractivity contribution in [1.82, 2.24) is 20.4 Å². The van der Waals surface area contributed by atoms with Crippen molar-refractivity contribution in [3.8, 4) is 0 Å². The largest absolute Gasteiger partial charge is 0.353 e. The van der Waals surface area contributed by atoms with Crippen molar-refractivity contribution < 1.29 is 4.79 Å². The van der Waals surface area contributed by atoms with Gasteiger partial charge in [-0.3, -0.25) is 0 Å². The number of aromatic nitrogens is 2. The summed E-state index contributed by atoms with van der Waals surface area (Å²) in [5.74, 6) is 1.33. The van der Waals surface area contributed by atoms with Crippen LogP contribution in [0.15, 0.2) is 41.0 Å². The van der Waals surface area contributed by atoms with E-state index in [-0.39, 0.29) is 18.1 Å². The lowest BCUT2D eigenvalue weighted by Gasteiger charge is -2.40. The molecule has 2 heterocycles. The maximum Gasteiger partial charge on any atom is 0.318 e. The molecule has 2 amide bonds. The molecule has 3 atom stereocenters. The molecule has 0 unspecified atom stereocenters. The topological polar surface area (TPSA) is 61.4 Å². The van der Waals surface area contributed by atoms with Gasteiger partial charge in [-0.2, -0.15) is 5.10 Å². The lowest BCUT2D eigenvalue weighted by Crippen LogP contribution is -2.54. The number of aryl methyl sites for hydroxylation is 1. The predicted octanol–water partition coefficient (Wildman–Crippen LogP) is 4.25. The molecule has 6 nitrogen and oxygen atoms in total. The molecule has 2 saturated carbocycles. The van der Waals surface area contributed by atoms with Gasteiger partial charge < -0.3 is 15.1 Å². The molecule has 2 aromatic rings. The molecule has 158 valence electrons. The maximum atomic E-state index is 13.3. The van der Waals surface area contributed by atoms with Gasteiger partial charge in [0.1, 0.15) is 0 Å². The second kappa shape index (κ2) is 8.17. The number of anilines is 1. The summed E-state index contributed by atoms with van der Waals surface area (Å²) in [7, 11) is 0. The van der Waals surface area contributed by atoms with Crippen LogP contribution in [-0.2, 0) is 0 Å². The molecule has 30 heavy (non-hydrogen) atoms. The summed E-state index contributed by atoms with van der Waals surface area (Å²) in [6.07, 6.45) is 7.09. The molecule has 1 saturated heterocycles. The highest BCUT2D eigenvalue weighted by Crippen LogP contribution is 2.42. The summed E-state index contributed by atoms with van der Waals surface area (Å²) in [6, 6.07) is 11.5. The minimum atomic E-state index is 0.113. The molecule has 0 bridgehead atoms. The number of piperidine rings is 1. The van der Waals surface area contributed by atoms with Gasteiger partial charge in [-0.05, 0) is 68.4 Å². The third kappa shape index (κ3) is 4.17. The number of hydrogen-bond acceptors (Lipinski definition) is 4. The van der Waals surface area contributed by atoms with Crippen LogP contribution in [0.3, 0.4) is 0 Å². The molecule has 0 spiro atoms. The molecule has 2 aliphatic carbocycles. The average Bonchev–Trinajstić information content (AvgIpc) is 3.68. The monoisotopic (exact) mass is 469 g/mol. The molecule has 1 aromatic carbocycles. The van der Waals surface area contributed by atoms with E-state index in [1.165, 1.54) is 11.1 Å². The standard InChI is InChI=1S/C23H28BrN5O/c1-15-6-7-16(12-20(15)24)19-13-21(19)26-23(30)29(17-8-9-17)18-4-3-11-28(14-18)22-5-2-10-25-27-22/h2,5-7,10,12,17-19,21H,3-4,8-9,11,13-14H2,1H3,(H,26,30)/t18-,19-,21+/m1/s1. The first-order chi connectivity index (χ1) is 14.6. The SMILES string of the molecule is Cc1ccc([C@H]2C[C@@H]2NC(=O)N(C2CC2)[C@@H]2CCCN(c3cccnn3)C2)cc1Br. The Morgan fingerprint density at radius 3 is 2.83 bits per heavy atom. The number of nitrogens with one attached hydrogen (secondary N) is 1. The fourth-order valence-corrected chi connectivity index (χ4v) is 5.03. The molecular formula is C23H28BrN5O. The van der Waals surface area contributed by atoms with Gasteiger partial charge in [-0.1, -0.05) is 28.1 Å². The fourth-order valence-electron chi connectivity index (χ4n) is 4.63. The molecular weight excluding hydrogens is 442 g/mol. The van der Waals surface area contributed by atoms with Gasteiger partial charge in [0.05, 0.1) is 6.04 Å². The van der Waals surface area contributed by atoms with Crippen LogP contribution in [0.25, 0.3) is 0 Å². The number of amides is 2. The highest BCUT2D eigenvalue weighted by atomic mass is 79.9. The Morgan fingerprint density at radius 2 is 2.10 bits per heavy atom. The van der Waals surface area contributed by atoms with Crippen LogP contribution in [0.2, 0.25) is 0 Å². The first-order valence-electron chi connectivity index (χ1n) is 11.0. The van der Waals surface area contributed by atoms with Gasteiger partial charge in [-0.25, -0.2) is 4.79 Å². The lowest BCUT2D eigenvalue weighted by atomic mass is 10.0. The number of hydrogen-bond donors (Lipinski definition) is 1. The van der Waals surface area contributed by atoms with Crippen LogP contribution >= 0.6 is 15.9 Å². The van der Waals surface area contributed by atoms with Crippen molar-refractivity contribution in [2.75, 3.05) is 18.0 Å². The van der Waals surface area contributed by atoms with E-state index in [1.807, 2.05) is 12.1 Å². The molecule has 7 heteroatoms. The van der Waals surface area contributed by atoms with E-state index in [2.05, 4.69) is 66.4 Å². The lowest BCUT2D eigenvalue weighted by molar-refractivity contribution is 0.160. The number of carbonyl (C=O) groups excluding carboxylic acids is 1. The van der Waals surface area contributed by atoms with Crippen molar-refractivity contribution in [2.24, 2.45) is 0 Å². The number of benzene rings is 1. The van der Waals surface area contributed by atoms with Gasteiger partial charge in [0, 0.05) is 41.8 Å². The van der Waals surface area contributed by atoms with Gasteiger partial charge in [-0.15, -0.1) is 5.10 Å². The van der Waals surface area contributed by atoms with Crippen LogP contribution < -0.4 is 10.2 Å². The number of halogens is 1. The summed E-state index contributed by atoms with van der Waals surface area (Å²) in [5.41, 5.74) is 2.55. The van der Waals surface area contributed by atoms with Crippen molar-refractivity contribution in [1.29, 1.82) is 0 Å². The number of nitrogens with zero attached hydrogens (tertiary/aromatic N) is 4. The van der Waals surface area contributed by atoms with E-state index in [0.717, 1.165) is 55.5 Å². The molecule has 0 radical (unpaired) electrons. The summed E-state index contributed by atoms with van der Waals surface area (Å²) < 4.78 is 1.14. The highest BCUT2D eigenvalue weighted by Gasteiger charge is 2.44. The third-order valence-corrected chi connectivity index (χ3v) is 7.42. The number of rotatable bonds is 5. The molecule has 1 aromatic heterocycles. The van der Waals surface area contributed by atoms with E-state index in [1.54, 1.807) is 6.20 Å². The second-order valence-electron chi connectivity index (χ2n) is 8.87. The van der Waals surface area contributed by atoms with Crippen molar-refractivity contribution in [3.63, 3.8) is 0 Å². The zero-order valence-electron chi connectivity index (χ0n) is 17.3. The van der Waals surface area contributed by atoms with E-state index in [4.69, 9.17) is 0 Å². The molecule has 3 aliphatic rings. The number of urea groups is 1. The zero-order valence-corrected chi connectivity index (χ0v) is 18.9. The predicted molar refractivity (Wildman–Crippen MR) is 121 cm³/mol. The Bertz CT molecular complexity index is 919. The summed E-state index contributed by atoms with van der Waals surface area (Å²) in [6.45, 7) is 3.91. The van der Waals surface area contributed by atoms with Crippen LogP contribution in [0.4, 0.5) is 10.6 Å². The molecule has 1 N–H and O–H groups in total. The van der Waals surface area contributed by atoms with Crippen molar-refractivity contribution >= 4 is 27.8 Å². The van der Waals surface area contributed by atoms with Crippen LogP contribution in [0, 0.1) is 6.92 Å². The Kier molecular flexibility index (Phi) is 5.39. The minimum absolute atomic E-state index is 0.113. The maximum absolute atomic E-state index is 13.3. The van der Waals surface area contributed by atoms with Crippen LogP contribution in [0.1, 0.15) is 49.1 Å². The molecule has 5 rings (SSSR count). The van der Waals surface area contributed by atoms with E-state index in [9.17, 15) is 4.79 Å². The summed E-state index contributed by atoms with van der Waals surface area (Å²) in [5, 5.41) is 11.6. The van der Waals surface area contributed by atoms with E-state index in [0.29, 0.717) is 12.0 Å². The van der Waals surface area contributed by atoms with Crippen molar-refractivity contribution in [2.45, 2.75) is 63.1 Å².